The number of aliphatic carboxylic acids is 2. The van der Waals surface area contributed by atoms with Crippen LogP contribution in [0.4, 0.5) is 13.2 Å². The maximum absolute atomic E-state index is 12.1. The molecular weight excluding hydrogens is 393 g/mol. The first kappa shape index (κ1) is 23.9. The van der Waals surface area contributed by atoms with Crippen molar-refractivity contribution in [1.29, 1.82) is 0 Å². The second-order valence-electron chi connectivity index (χ2n) is 6.10. The predicted molar refractivity (Wildman–Crippen MR) is 99.9 cm³/mol. The van der Waals surface area contributed by atoms with Gasteiger partial charge >= 0.3 is 18.1 Å². The highest BCUT2D eigenvalue weighted by atomic mass is 19.4. The Hall–Kier alpha value is -3.14. The molecule has 7 nitrogen and oxygen atoms in total. The molecule has 2 rings (SSSR count). The lowest BCUT2D eigenvalue weighted by atomic mass is 10.1. The molecule has 1 heterocycles. The molecule has 1 aromatic carbocycles. The zero-order valence-electron chi connectivity index (χ0n) is 15.6. The lowest BCUT2D eigenvalue weighted by Gasteiger charge is -2.31. The van der Waals surface area contributed by atoms with E-state index in [1.165, 1.54) is 6.08 Å². The van der Waals surface area contributed by atoms with E-state index in [9.17, 15) is 22.8 Å². The Morgan fingerprint density at radius 3 is 1.69 bits per heavy atom. The Balaban J connectivity index is 0.000000516. The Labute approximate surface area is 165 Å². The second kappa shape index (κ2) is 11.0. The van der Waals surface area contributed by atoms with Crippen LogP contribution in [0.15, 0.2) is 36.4 Å². The van der Waals surface area contributed by atoms with Gasteiger partial charge in [0.05, 0.1) is 0 Å². The number of alkyl halides is 3. The van der Waals surface area contributed by atoms with E-state index >= 15 is 0 Å². The Bertz CT molecular complexity index is 765. The molecule has 1 fully saturated rings. The molecule has 1 aliphatic heterocycles. The van der Waals surface area contributed by atoms with Crippen LogP contribution in [0.2, 0.25) is 0 Å². The van der Waals surface area contributed by atoms with Crippen LogP contribution >= 0.6 is 0 Å². The average molecular weight is 414 g/mol. The first-order valence-corrected chi connectivity index (χ1v) is 8.45. The highest BCUT2D eigenvalue weighted by Crippen LogP contribution is 2.13. The number of hydrogen-bond acceptors (Lipinski definition) is 4. The van der Waals surface area contributed by atoms with E-state index in [-0.39, 0.29) is 5.91 Å². The van der Waals surface area contributed by atoms with Crippen LogP contribution in [-0.4, -0.2) is 77.3 Å². The molecular formula is C19H21F3N2O5. The molecule has 0 unspecified atom stereocenters. The Kier molecular flexibility index (Phi) is 9.07. The van der Waals surface area contributed by atoms with Gasteiger partial charge in [-0.05, 0) is 30.3 Å². The van der Waals surface area contributed by atoms with Gasteiger partial charge in [-0.3, -0.25) is 4.79 Å². The van der Waals surface area contributed by atoms with E-state index in [0.29, 0.717) is 0 Å². The van der Waals surface area contributed by atoms with Crippen LogP contribution in [0.25, 0.3) is 12.2 Å². The quantitative estimate of drug-likeness (QED) is 0.733. The number of amides is 1. The number of nitrogens with zero attached hydrogens (tertiary/aromatic N) is 2. The van der Waals surface area contributed by atoms with E-state index in [0.717, 1.165) is 43.4 Å². The second-order valence-corrected chi connectivity index (χ2v) is 6.10. The van der Waals surface area contributed by atoms with Crippen molar-refractivity contribution in [3.05, 3.63) is 47.5 Å². The molecule has 1 saturated heterocycles. The average Bonchev–Trinajstić information content (AvgIpc) is 2.65. The van der Waals surface area contributed by atoms with Gasteiger partial charge in [0.1, 0.15) is 0 Å². The third-order valence-corrected chi connectivity index (χ3v) is 3.83. The minimum absolute atomic E-state index is 0.0305. The molecule has 1 aliphatic rings. The van der Waals surface area contributed by atoms with Crippen LogP contribution < -0.4 is 0 Å². The zero-order chi connectivity index (χ0) is 22.0. The largest absolute Gasteiger partial charge is 0.490 e. The van der Waals surface area contributed by atoms with E-state index in [1.54, 1.807) is 12.2 Å². The third-order valence-electron chi connectivity index (χ3n) is 3.83. The molecule has 158 valence electrons. The summed E-state index contributed by atoms with van der Waals surface area (Å²) in [6.45, 7) is 3.34. The van der Waals surface area contributed by atoms with E-state index in [1.807, 2.05) is 29.2 Å². The molecule has 0 saturated carbocycles. The van der Waals surface area contributed by atoms with Crippen LogP contribution in [0.5, 0.6) is 0 Å². The number of likely N-dealkylation sites (N-methyl/N-ethyl adjacent to an activating group) is 1. The van der Waals surface area contributed by atoms with Crippen molar-refractivity contribution in [2.24, 2.45) is 0 Å². The summed E-state index contributed by atoms with van der Waals surface area (Å²) < 4.78 is 31.7. The number of carboxylic acids is 2. The molecule has 29 heavy (non-hydrogen) atoms. The van der Waals surface area contributed by atoms with Crippen LogP contribution in [0, 0.1) is 0 Å². The van der Waals surface area contributed by atoms with Gasteiger partial charge in [-0.1, -0.05) is 24.3 Å². The summed E-state index contributed by atoms with van der Waals surface area (Å²) >= 11 is 0. The molecule has 1 aromatic rings. The summed E-state index contributed by atoms with van der Waals surface area (Å²) in [6, 6.07) is 7.35. The number of rotatable bonds is 4. The summed E-state index contributed by atoms with van der Waals surface area (Å²) in [5.41, 5.74) is 1.72. The number of halogens is 3. The van der Waals surface area contributed by atoms with E-state index in [4.69, 9.17) is 15.0 Å². The van der Waals surface area contributed by atoms with Gasteiger partial charge in [0.15, 0.2) is 0 Å². The number of hydrogen-bond donors (Lipinski definition) is 2. The SMILES string of the molecule is CN1CCN(C(=O)C=Cc2ccc(C=CC(=O)O)cc2)CC1.O=C(O)C(F)(F)F. The summed E-state index contributed by atoms with van der Waals surface area (Å²) in [7, 11) is 2.05. The highest BCUT2D eigenvalue weighted by Gasteiger charge is 2.38. The summed E-state index contributed by atoms with van der Waals surface area (Å²) in [4.78, 5) is 35.5. The normalized spacial score (nSPS) is 15.2. The number of carbonyl (C=O) groups is 3. The molecule has 0 radical (unpaired) electrons. The number of benzene rings is 1. The fraction of sp³-hybridized carbons (Fsp3) is 0.316. The van der Waals surface area contributed by atoms with Crippen molar-refractivity contribution in [2.45, 2.75) is 6.18 Å². The Morgan fingerprint density at radius 2 is 1.31 bits per heavy atom. The molecule has 0 aromatic heterocycles. The van der Waals surface area contributed by atoms with Crippen molar-refractivity contribution in [2.75, 3.05) is 33.2 Å². The molecule has 0 bridgehead atoms. The van der Waals surface area contributed by atoms with Crippen molar-refractivity contribution in [1.82, 2.24) is 9.80 Å². The smallest absolute Gasteiger partial charge is 0.478 e. The van der Waals surface area contributed by atoms with Gasteiger partial charge < -0.3 is 20.0 Å². The topological polar surface area (TPSA) is 98.2 Å². The fourth-order valence-electron chi connectivity index (χ4n) is 2.19. The van der Waals surface area contributed by atoms with E-state index in [2.05, 4.69) is 11.9 Å². The van der Waals surface area contributed by atoms with Crippen molar-refractivity contribution < 1.29 is 37.8 Å². The molecule has 2 N–H and O–H groups in total. The minimum atomic E-state index is -5.08. The van der Waals surface area contributed by atoms with Crippen molar-refractivity contribution >= 4 is 30.0 Å². The summed E-state index contributed by atoms with van der Waals surface area (Å²) in [6.07, 6.45) is 0.922. The summed E-state index contributed by atoms with van der Waals surface area (Å²) in [5.74, 6) is -3.70. The molecule has 0 atom stereocenters. The number of piperazine rings is 1. The maximum atomic E-state index is 12.1. The van der Waals surface area contributed by atoms with Crippen molar-refractivity contribution in [3.63, 3.8) is 0 Å². The highest BCUT2D eigenvalue weighted by molar-refractivity contribution is 5.92. The van der Waals surface area contributed by atoms with Gasteiger partial charge in [0, 0.05) is 38.3 Å². The maximum Gasteiger partial charge on any atom is 0.490 e. The van der Waals surface area contributed by atoms with Gasteiger partial charge in [-0.2, -0.15) is 13.2 Å². The van der Waals surface area contributed by atoms with Gasteiger partial charge in [0.25, 0.3) is 0 Å². The van der Waals surface area contributed by atoms with E-state index < -0.39 is 18.1 Å². The minimum Gasteiger partial charge on any atom is -0.478 e. The zero-order valence-corrected chi connectivity index (χ0v) is 15.6. The first-order valence-electron chi connectivity index (χ1n) is 8.45. The van der Waals surface area contributed by atoms with Gasteiger partial charge in [-0.15, -0.1) is 0 Å². The van der Waals surface area contributed by atoms with Crippen LogP contribution in [0.3, 0.4) is 0 Å². The van der Waals surface area contributed by atoms with Crippen molar-refractivity contribution in [3.8, 4) is 0 Å². The molecule has 1 amide bonds. The lowest BCUT2D eigenvalue weighted by molar-refractivity contribution is -0.192. The lowest BCUT2D eigenvalue weighted by Crippen LogP contribution is -2.46. The molecule has 0 aliphatic carbocycles. The first-order chi connectivity index (χ1) is 13.5. The fourth-order valence-corrected chi connectivity index (χ4v) is 2.19. The standard InChI is InChI=1S/C17H20N2O3.C2HF3O2/c1-18-10-12-19(13-11-18)16(20)8-6-14-2-4-15(5-3-14)7-9-17(21)22;3-2(4,5)1(6)7/h2-9H,10-13H2,1H3,(H,21,22);(H,6,7). The predicted octanol–water partition coefficient (Wildman–Crippen LogP) is 2.20. The number of carboxylic acid groups (broad SMARTS) is 2. The van der Waals surface area contributed by atoms with Gasteiger partial charge in [-0.25, -0.2) is 9.59 Å². The van der Waals surface area contributed by atoms with Crippen LogP contribution in [-0.2, 0) is 14.4 Å². The Morgan fingerprint density at radius 1 is 0.897 bits per heavy atom. The van der Waals surface area contributed by atoms with Crippen LogP contribution in [0.1, 0.15) is 11.1 Å². The monoisotopic (exact) mass is 414 g/mol. The third kappa shape index (κ3) is 9.56. The molecule has 0 spiro atoms. The summed E-state index contributed by atoms with van der Waals surface area (Å²) in [5, 5.41) is 15.7. The molecule has 10 heteroatoms. The van der Waals surface area contributed by atoms with Gasteiger partial charge in [0.2, 0.25) is 5.91 Å². The number of carbonyl (C=O) groups excluding carboxylic acids is 1.